The van der Waals surface area contributed by atoms with Crippen molar-refractivity contribution in [2.24, 2.45) is 0 Å². The molecule has 0 atom stereocenters. The van der Waals surface area contributed by atoms with E-state index < -0.39 is 0 Å². The number of benzene rings is 1. The maximum absolute atomic E-state index is 5.58. The van der Waals surface area contributed by atoms with Gasteiger partial charge in [-0.2, -0.15) is 0 Å². The van der Waals surface area contributed by atoms with E-state index in [1.165, 1.54) is 0 Å². The highest BCUT2D eigenvalue weighted by atomic mass is 16.6. The molecule has 1 N–H and O–H groups in total. The number of nitrogens with one attached hydrogen (secondary N) is 1. The van der Waals surface area contributed by atoms with Gasteiger partial charge in [0.2, 0.25) is 0 Å². The SMILES string of the molecule is CCNc1nccc2cc3c(cc12)OCCO3. The van der Waals surface area contributed by atoms with Crippen molar-refractivity contribution in [1.29, 1.82) is 0 Å². The number of hydrogen-bond donors (Lipinski definition) is 1. The Morgan fingerprint density at radius 2 is 2.00 bits per heavy atom. The summed E-state index contributed by atoms with van der Waals surface area (Å²) in [5.41, 5.74) is 0. The molecule has 0 fully saturated rings. The standard InChI is InChI=1S/C13H14N2O2/c1-2-14-13-10-8-12-11(16-5-6-17-12)7-9(10)3-4-15-13/h3-4,7-8H,2,5-6H2,1H3,(H,14,15). The van der Waals surface area contributed by atoms with Gasteiger partial charge in [-0.25, -0.2) is 4.98 Å². The van der Waals surface area contributed by atoms with E-state index >= 15 is 0 Å². The molecular weight excluding hydrogens is 216 g/mol. The number of hydrogen-bond acceptors (Lipinski definition) is 4. The van der Waals surface area contributed by atoms with Crippen molar-refractivity contribution in [3.05, 3.63) is 24.4 Å². The molecule has 88 valence electrons. The van der Waals surface area contributed by atoms with Crippen LogP contribution in [0.25, 0.3) is 10.8 Å². The topological polar surface area (TPSA) is 43.4 Å². The van der Waals surface area contributed by atoms with E-state index in [9.17, 15) is 0 Å². The van der Waals surface area contributed by atoms with Crippen LogP contribution in [0.2, 0.25) is 0 Å². The van der Waals surface area contributed by atoms with E-state index in [2.05, 4.69) is 17.2 Å². The predicted octanol–water partition coefficient (Wildman–Crippen LogP) is 2.44. The first-order valence-corrected chi connectivity index (χ1v) is 5.80. The molecule has 4 heteroatoms. The number of rotatable bonds is 2. The van der Waals surface area contributed by atoms with Crippen LogP contribution in [0.15, 0.2) is 24.4 Å². The van der Waals surface area contributed by atoms with Crippen molar-refractivity contribution in [3.63, 3.8) is 0 Å². The minimum absolute atomic E-state index is 0.606. The maximum atomic E-state index is 5.58. The zero-order valence-corrected chi connectivity index (χ0v) is 9.69. The van der Waals surface area contributed by atoms with Crippen molar-refractivity contribution in [3.8, 4) is 11.5 Å². The molecular formula is C13H14N2O2. The van der Waals surface area contributed by atoms with E-state index in [0.717, 1.165) is 34.6 Å². The largest absolute Gasteiger partial charge is 0.486 e. The van der Waals surface area contributed by atoms with Gasteiger partial charge in [0.05, 0.1) is 0 Å². The second kappa shape index (κ2) is 4.13. The molecule has 0 bridgehead atoms. The highest BCUT2D eigenvalue weighted by molar-refractivity contribution is 5.94. The number of anilines is 1. The molecule has 1 aliphatic heterocycles. The lowest BCUT2D eigenvalue weighted by molar-refractivity contribution is 0.172. The summed E-state index contributed by atoms with van der Waals surface area (Å²) >= 11 is 0. The van der Waals surface area contributed by atoms with Crippen LogP contribution in [0.4, 0.5) is 5.82 Å². The minimum atomic E-state index is 0.606. The van der Waals surface area contributed by atoms with Crippen LogP contribution in [-0.4, -0.2) is 24.7 Å². The van der Waals surface area contributed by atoms with Gasteiger partial charge in [0.25, 0.3) is 0 Å². The Morgan fingerprint density at radius 3 is 2.76 bits per heavy atom. The number of ether oxygens (including phenoxy) is 2. The molecule has 3 rings (SSSR count). The lowest BCUT2D eigenvalue weighted by atomic mass is 10.1. The van der Waals surface area contributed by atoms with Crippen molar-refractivity contribution in [2.45, 2.75) is 6.92 Å². The van der Waals surface area contributed by atoms with Gasteiger partial charge >= 0.3 is 0 Å². The third-order valence-corrected chi connectivity index (χ3v) is 2.77. The predicted molar refractivity (Wildman–Crippen MR) is 66.9 cm³/mol. The van der Waals surface area contributed by atoms with E-state index in [4.69, 9.17) is 9.47 Å². The molecule has 2 heterocycles. The van der Waals surface area contributed by atoms with E-state index in [0.29, 0.717) is 13.2 Å². The Hall–Kier alpha value is -1.97. The summed E-state index contributed by atoms with van der Waals surface area (Å²) in [4.78, 5) is 4.34. The molecule has 17 heavy (non-hydrogen) atoms. The fourth-order valence-electron chi connectivity index (χ4n) is 2.02. The van der Waals surface area contributed by atoms with E-state index in [1.807, 2.05) is 18.2 Å². The summed E-state index contributed by atoms with van der Waals surface area (Å²) in [5.74, 6) is 2.51. The first kappa shape index (κ1) is 10.2. The average molecular weight is 230 g/mol. The van der Waals surface area contributed by atoms with Gasteiger partial charge in [0, 0.05) is 18.1 Å². The van der Waals surface area contributed by atoms with Crippen LogP contribution in [-0.2, 0) is 0 Å². The molecule has 0 unspecified atom stereocenters. The summed E-state index contributed by atoms with van der Waals surface area (Å²) < 4.78 is 11.1. The molecule has 1 aromatic heterocycles. The molecule has 1 aliphatic rings. The van der Waals surface area contributed by atoms with Crippen molar-refractivity contribution in [1.82, 2.24) is 4.98 Å². The number of nitrogens with zero attached hydrogens (tertiary/aromatic N) is 1. The lowest BCUT2D eigenvalue weighted by Gasteiger charge is -2.19. The Bertz CT molecular complexity index is 554. The molecule has 0 saturated heterocycles. The summed E-state index contributed by atoms with van der Waals surface area (Å²) in [6.45, 7) is 4.12. The lowest BCUT2D eigenvalue weighted by Crippen LogP contribution is -2.15. The van der Waals surface area contributed by atoms with Gasteiger partial charge in [-0.05, 0) is 30.5 Å². The first-order chi connectivity index (χ1) is 8.38. The summed E-state index contributed by atoms with van der Waals surface area (Å²) in [6.07, 6.45) is 1.80. The highest BCUT2D eigenvalue weighted by Gasteiger charge is 2.14. The molecule has 0 radical (unpaired) electrons. The Kier molecular flexibility index (Phi) is 2.48. The molecule has 1 aromatic carbocycles. The summed E-state index contributed by atoms with van der Waals surface area (Å²) in [6, 6.07) is 5.98. The van der Waals surface area contributed by atoms with Crippen LogP contribution in [0, 0.1) is 0 Å². The minimum Gasteiger partial charge on any atom is -0.486 e. The second-order valence-corrected chi connectivity index (χ2v) is 3.91. The van der Waals surface area contributed by atoms with Gasteiger partial charge in [0.1, 0.15) is 19.0 Å². The fourth-order valence-corrected chi connectivity index (χ4v) is 2.02. The van der Waals surface area contributed by atoms with Crippen LogP contribution in [0.3, 0.4) is 0 Å². The molecule has 0 amide bonds. The quantitative estimate of drug-likeness (QED) is 0.860. The molecule has 4 nitrogen and oxygen atoms in total. The number of fused-ring (bicyclic) bond motifs is 2. The zero-order chi connectivity index (χ0) is 11.7. The Morgan fingerprint density at radius 1 is 1.24 bits per heavy atom. The normalized spacial score (nSPS) is 13.7. The fraction of sp³-hybridized carbons (Fsp3) is 0.308. The smallest absolute Gasteiger partial charge is 0.162 e. The first-order valence-electron chi connectivity index (χ1n) is 5.80. The summed E-state index contributed by atoms with van der Waals surface area (Å²) in [5, 5.41) is 5.43. The summed E-state index contributed by atoms with van der Waals surface area (Å²) in [7, 11) is 0. The van der Waals surface area contributed by atoms with Crippen LogP contribution in [0.1, 0.15) is 6.92 Å². The monoisotopic (exact) mass is 230 g/mol. The Balaban J connectivity index is 2.19. The van der Waals surface area contributed by atoms with Gasteiger partial charge in [-0.15, -0.1) is 0 Å². The second-order valence-electron chi connectivity index (χ2n) is 3.91. The zero-order valence-electron chi connectivity index (χ0n) is 9.69. The molecule has 0 spiro atoms. The van der Waals surface area contributed by atoms with Crippen LogP contribution >= 0.6 is 0 Å². The van der Waals surface area contributed by atoms with Crippen molar-refractivity contribution >= 4 is 16.6 Å². The van der Waals surface area contributed by atoms with E-state index in [-0.39, 0.29) is 0 Å². The third kappa shape index (κ3) is 1.75. The molecule has 0 saturated carbocycles. The molecule has 2 aromatic rings. The van der Waals surface area contributed by atoms with Gasteiger partial charge in [-0.1, -0.05) is 0 Å². The average Bonchev–Trinajstić information content (AvgIpc) is 2.37. The van der Waals surface area contributed by atoms with Gasteiger partial charge in [0.15, 0.2) is 11.5 Å². The van der Waals surface area contributed by atoms with Gasteiger partial charge < -0.3 is 14.8 Å². The molecule has 0 aliphatic carbocycles. The number of pyridine rings is 1. The third-order valence-electron chi connectivity index (χ3n) is 2.77. The Labute approximate surface area is 99.6 Å². The van der Waals surface area contributed by atoms with Gasteiger partial charge in [-0.3, -0.25) is 0 Å². The van der Waals surface area contributed by atoms with Crippen molar-refractivity contribution in [2.75, 3.05) is 25.1 Å². The van der Waals surface area contributed by atoms with Crippen LogP contribution < -0.4 is 14.8 Å². The maximum Gasteiger partial charge on any atom is 0.162 e. The van der Waals surface area contributed by atoms with E-state index in [1.54, 1.807) is 6.20 Å². The van der Waals surface area contributed by atoms with Crippen LogP contribution in [0.5, 0.6) is 11.5 Å². The number of aromatic nitrogens is 1. The highest BCUT2D eigenvalue weighted by Crippen LogP contribution is 2.36. The van der Waals surface area contributed by atoms with Crippen molar-refractivity contribution < 1.29 is 9.47 Å².